The molecule has 0 aliphatic carbocycles. The standard InChI is InChI=1S/C48H94O3/c1-4-7-10-13-16-19-22-24-26-28-30-33-36-39-42-45-47(49)51-48(50)46(43-40-37-34-31-21-18-15-12-9-6-3)44-41-38-35-32-29-27-25-23-20-17-14-11-8-5-2/h46H,4-45H2,1-3H3. The van der Waals surface area contributed by atoms with Gasteiger partial charge in [0.2, 0.25) is 0 Å². The second kappa shape index (κ2) is 43.5. The summed E-state index contributed by atoms with van der Waals surface area (Å²) >= 11 is 0. The second-order valence-electron chi connectivity index (χ2n) is 16.5. The van der Waals surface area contributed by atoms with Crippen LogP contribution >= 0.6 is 0 Å². The lowest BCUT2D eigenvalue weighted by Gasteiger charge is -2.15. The first-order chi connectivity index (χ1) is 25.2. The molecule has 3 nitrogen and oxygen atoms in total. The average Bonchev–Trinajstić information content (AvgIpc) is 3.13. The van der Waals surface area contributed by atoms with Crippen molar-refractivity contribution in [1.29, 1.82) is 0 Å². The Morgan fingerprint density at radius 1 is 0.314 bits per heavy atom. The highest BCUT2D eigenvalue weighted by molar-refractivity contribution is 5.86. The molecule has 0 aromatic rings. The molecule has 0 saturated heterocycles. The van der Waals surface area contributed by atoms with Crippen LogP contribution in [0.25, 0.3) is 0 Å². The third kappa shape index (κ3) is 40.2. The minimum absolute atomic E-state index is 0.0959. The van der Waals surface area contributed by atoms with Crippen LogP contribution in [-0.4, -0.2) is 11.9 Å². The molecule has 0 aliphatic rings. The van der Waals surface area contributed by atoms with E-state index in [4.69, 9.17) is 4.74 Å². The van der Waals surface area contributed by atoms with Crippen LogP contribution in [0, 0.1) is 5.92 Å². The van der Waals surface area contributed by atoms with Crippen molar-refractivity contribution in [3.8, 4) is 0 Å². The summed E-state index contributed by atoms with van der Waals surface area (Å²) in [5.74, 6) is -0.614. The number of ether oxygens (including phenoxy) is 1. The van der Waals surface area contributed by atoms with Crippen LogP contribution in [0.1, 0.15) is 290 Å². The molecule has 0 aromatic heterocycles. The van der Waals surface area contributed by atoms with Crippen LogP contribution in [-0.2, 0) is 14.3 Å². The van der Waals surface area contributed by atoms with Crippen molar-refractivity contribution in [2.45, 2.75) is 290 Å². The van der Waals surface area contributed by atoms with Gasteiger partial charge in [-0.05, 0) is 19.3 Å². The number of hydrogen-bond acceptors (Lipinski definition) is 3. The Hall–Kier alpha value is -0.860. The number of rotatable bonds is 43. The Labute approximate surface area is 321 Å². The Bertz CT molecular complexity index is 688. The first-order valence-corrected chi connectivity index (χ1v) is 23.9. The van der Waals surface area contributed by atoms with Gasteiger partial charge in [0.25, 0.3) is 0 Å². The predicted octanol–water partition coefficient (Wildman–Crippen LogP) is 17.1. The van der Waals surface area contributed by atoms with Crippen molar-refractivity contribution in [3.05, 3.63) is 0 Å². The van der Waals surface area contributed by atoms with Crippen molar-refractivity contribution in [3.63, 3.8) is 0 Å². The fraction of sp³-hybridized carbons (Fsp3) is 0.958. The molecular formula is C48H94O3. The van der Waals surface area contributed by atoms with E-state index in [-0.39, 0.29) is 17.9 Å². The van der Waals surface area contributed by atoms with E-state index in [0.717, 1.165) is 38.5 Å². The lowest BCUT2D eigenvalue weighted by atomic mass is 9.94. The Morgan fingerprint density at radius 3 is 0.784 bits per heavy atom. The molecule has 1 atom stereocenters. The van der Waals surface area contributed by atoms with Crippen molar-refractivity contribution < 1.29 is 14.3 Å². The average molecular weight is 719 g/mol. The molecular weight excluding hydrogens is 625 g/mol. The normalized spacial score (nSPS) is 12.1. The zero-order valence-electron chi connectivity index (χ0n) is 35.5. The van der Waals surface area contributed by atoms with Gasteiger partial charge in [-0.3, -0.25) is 9.59 Å². The number of hydrogen-bond donors (Lipinski definition) is 0. The molecule has 3 heteroatoms. The van der Waals surface area contributed by atoms with Gasteiger partial charge < -0.3 is 4.74 Å². The zero-order chi connectivity index (χ0) is 37.1. The molecule has 0 aliphatic heterocycles. The topological polar surface area (TPSA) is 43.4 Å². The second-order valence-corrected chi connectivity index (χ2v) is 16.5. The van der Waals surface area contributed by atoms with E-state index in [1.807, 2.05) is 0 Å². The monoisotopic (exact) mass is 719 g/mol. The van der Waals surface area contributed by atoms with E-state index in [1.165, 1.54) is 225 Å². The summed E-state index contributed by atoms with van der Waals surface area (Å²) in [5.41, 5.74) is 0. The van der Waals surface area contributed by atoms with Crippen LogP contribution in [0.15, 0.2) is 0 Å². The first-order valence-electron chi connectivity index (χ1n) is 23.9. The van der Waals surface area contributed by atoms with Crippen LogP contribution in [0.5, 0.6) is 0 Å². The Balaban J connectivity index is 4.13. The van der Waals surface area contributed by atoms with Gasteiger partial charge in [0.05, 0.1) is 5.92 Å². The maximum absolute atomic E-state index is 13.1. The predicted molar refractivity (Wildman–Crippen MR) is 226 cm³/mol. The molecule has 0 spiro atoms. The fourth-order valence-electron chi connectivity index (χ4n) is 7.73. The highest BCUT2D eigenvalue weighted by atomic mass is 16.6. The van der Waals surface area contributed by atoms with E-state index in [9.17, 15) is 9.59 Å². The third-order valence-corrected chi connectivity index (χ3v) is 11.3. The quantitative estimate of drug-likeness (QED) is 0.0358. The lowest BCUT2D eigenvalue weighted by Crippen LogP contribution is -2.21. The van der Waals surface area contributed by atoms with Crippen LogP contribution in [0.3, 0.4) is 0 Å². The highest BCUT2D eigenvalue weighted by Crippen LogP contribution is 2.22. The molecule has 0 bridgehead atoms. The van der Waals surface area contributed by atoms with Gasteiger partial charge in [-0.25, -0.2) is 0 Å². The number of unbranched alkanes of at least 4 members (excludes halogenated alkanes) is 36. The van der Waals surface area contributed by atoms with Crippen LogP contribution < -0.4 is 0 Å². The summed E-state index contributed by atoms with van der Waals surface area (Å²) in [6.45, 7) is 6.85. The molecule has 0 aromatic carbocycles. The van der Waals surface area contributed by atoms with Crippen molar-refractivity contribution in [2.75, 3.05) is 0 Å². The van der Waals surface area contributed by atoms with Crippen LogP contribution in [0.4, 0.5) is 0 Å². The molecule has 0 heterocycles. The molecule has 0 radical (unpaired) electrons. The minimum Gasteiger partial charge on any atom is -0.393 e. The fourth-order valence-corrected chi connectivity index (χ4v) is 7.73. The minimum atomic E-state index is -0.288. The summed E-state index contributed by atoms with van der Waals surface area (Å²) < 4.78 is 5.47. The van der Waals surface area contributed by atoms with E-state index < -0.39 is 0 Å². The van der Waals surface area contributed by atoms with E-state index in [1.54, 1.807) is 0 Å². The maximum atomic E-state index is 13.1. The van der Waals surface area contributed by atoms with Gasteiger partial charge in [0.1, 0.15) is 0 Å². The van der Waals surface area contributed by atoms with Crippen molar-refractivity contribution in [1.82, 2.24) is 0 Å². The summed E-state index contributed by atoms with van der Waals surface area (Å²) in [6, 6.07) is 0. The van der Waals surface area contributed by atoms with Gasteiger partial charge >= 0.3 is 11.9 Å². The Morgan fingerprint density at radius 2 is 0.529 bits per heavy atom. The SMILES string of the molecule is CCCCCCCCCCCCCCCCCC(=O)OC(=O)C(CCCCCCCCCCCC)CCCCCCCCCCCCCCCC. The lowest BCUT2D eigenvalue weighted by molar-refractivity contribution is -0.163. The molecule has 1 unspecified atom stereocenters. The molecule has 0 N–H and O–H groups in total. The van der Waals surface area contributed by atoms with Crippen molar-refractivity contribution in [2.24, 2.45) is 5.92 Å². The first kappa shape index (κ1) is 50.1. The molecule has 304 valence electrons. The van der Waals surface area contributed by atoms with Gasteiger partial charge in [-0.2, -0.15) is 0 Å². The summed E-state index contributed by atoms with van der Waals surface area (Å²) in [7, 11) is 0. The largest absolute Gasteiger partial charge is 0.393 e. The van der Waals surface area contributed by atoms with E-state index >= 15 is 0 Å². The summed E-state index contributed by atoms with van der Waals surface area (Å²) in [5, 5.41) is 0. The van der Waals surface area contributed by atoms with Crippen molar-refractivity contribution >= 4 is 11.9 Å². The molecule has 0 amide bonds. The highest BCUT2D eigenvalue weighted by Gasteiger charge is 2.22. The molecule has 51 heavy (non-hydrogen) atoms. The number of carbonyl (C=O) groups is 2. The Kier molecular flexibility index (Phi) is 42.8. The maximum Gasteiger partial charge on any atom is 0.316 e. The summed E-state index contributed by atoms with van der Waals surface area (Å²) in [4.78, 5) is 25.7. The third-order valence-electron chi connectivity index (χ3n) is 11.3. The van der Waals surface area contributed by atoms with Gasteiger partial charge in [0.15, 0.2) is 0 Å². The molecule has 0 saturated carbocycles. The van der Waals surface area contributed by atoms with Gasteiger partial charge in [-0.1, -0.05) is 265 Å². The van der Waals surface area contributed by atoms with Crippen LogP contribution in [0.2, 0.25) is 0 Å². The number of esters is 2. The molecule has 0 fully saturated rings. The number of carbonyl (C=O) groups excluding carboxylic acids is 2. The van der Waals surface area contributed by atoms with Gasteiger partial charge in [-0.15, -0.1) is 0 Å². The molecule has 0 rings (SSSR count). The van der Waals surface area contributed by atoms with Gasteiger partial charge in [0, 0.05) is 6.42 Å². The smallest absolute Gasteiger partial charge is 0.316 e. The summed E-state index contributed by atoms with van der Waals surface area (Å²) in [6.07, 6.45) is 53.7. The zero-order valence-corrected chi connectivity index (χ0v) is 35.5. The van der Waals surface area contributed by atoms with E-state index in [2.05, 4.69) is 20.8 Å². The van der Waals surface area contributed by atoms with E-state index in [0.29, 0.717) is 6.42 Å².